The van der Waals surface area contributed by atoms with Crippen molar-refractivity contribution in [3.05, 3.63) is 88.2 Å². The van der Waals surface area contributed by atoms with Gasteiger partial charge in [-0.15, -0.1) is 0 Å². The lowest BCUT2D eigenvalue weighted by atomic mass is 9.85. The van der Waals surface area contributed by atoms with Gasteiger partial charge in [0, 0.05) is 42.3 Å². The molecule has 2 heterocycles. The number of urea groups is 1. The molecule has 5 rings (SSSR count). The summed E-state index contributed by atoms with van der Waals surface area (Å²) in [6.45, 7) is 9.76. The molecule has 1 aliphatic rings. The molecule has 2 N–H and O–H groups in total. The standard InChI is InChI=1S/C32H35N5O5/c1-32(2,3)26-12-14-28(30(41-4)29(26)37(39)40)35-31(38)34-27-13-11-23(24-7-5-6-8-25(24)27)21-9-10-22(33-19-21)20-36-15-17-42-18-16-36/h5-14,19H,15-18,20H2,1-4H3,(H2,34,35,38). The molecule has 1 saturated heterocycles. The topological polar surface area (TPSA) is 119 Å². The number of ether oxygens (including phenoxy) is 2. The Morgan fingerprint density at radius 2 is 1.69 bits per heavy atom. The average molecular weight is 570 g/mol. The van der Waals surface area contributed by atoms with E-state index in [-0.39, 0.29) is 17.1 Å². The Morgan fingerprint density at radius 1 is 1.00 bits per heavy atom. The van der Waals surface area contributed by atoms with E-state index in [1.165, 1.54) is 7.11 Å². The SMILES string of the molecule is COc1c(NC(=O)Nc2ccc(-c3ccc(CN4CCOCC4)nc3)c3ccccc23)ccc(C(C)(C)C)c1[N+](=O)[O-]. The van der Waals surface area contributed by atoms with Crippen molar-refractivity contribution in [2.75, 3.05) is 44.0 Å². The molecule has 42 heavy (non-hydrogen) atoms. The predicted octanol–water partition coefficient (Wildman–Crippen LogP) is 6.59. The van der Waals surface area contributed by atoms with Gasteiger partial charge in [-0.25, -0.2) is 4.79 Å². The van der Waals surface area contributed by atoms with E-state index in [0.29, 0.717) is 11.3 Å². The first-order valence-electron chi connectivity index (χ1n) is 13.9. The number of carbonyl (C=O) groups is 1. The number of morpholine rings is 1. The molecule has 10 heteroatoms. The van der Waals surface area contributed by atoms with Crippen molar-refractivity contribution in [1.29, 1.82) is 0 Å². The number of nitrogens with zero attached hydrogens (tertiary/aromatic N) is 3. The van der Waals surface area contributed by atoms with Crippen molar-refractivity contribution in [2.24, 2.45) is 0 Å². The number of aromatic nitrogens is 1. The summed E-state index contributed by atoms with van der Waals surface area (Å²) in [6, 6.07) is 18.5. The first-order valence-corrected chi connectivity index (χ1v) is 13.9. The van der Waals surface area contributed by atoms with Crippen LogP contribution in [-0.4, -0.2) is 54.3 Å². The maximum atomic E-state index is 13.1. The Morgan fingerprint density at radius 3 is 2.33 bits per heavy atom. The third kappa shape index (κ3) is 6.19. The van der Waals surface area contributed by atoms with Crippen LogP contribution < -0.4 is 15.4 Å². The van der Waals surface area contributed by atoms with Crippen LogP contribution in [0.25, 0.3) is 21.9 Å². The molecule has 4 aromatic rings. The van der Waals surface area contributed by atoms with Gasteiger partial charge in [-0.3, -0.25) is 20.0 Å². The Hall–Kier alpha value is -4.54. The van der Waals surface area contributed by atoms with Crippen LogP contribution in [0.1, 0.15) is 32.0 Å². The number of nitrogens with one attached hydrogen (secondary N) is 2. The van der Waals surface area contributed by atoms with Gasteiger partial charge in [0.15, 0.2) is 0 Å². The van der Waals surface area contributed by atoms with Crippen LogP contribution in [0.4, 0.5) is 21.9 Å². The lowest BCUT2D eigenvalue weighted by Crippen LogP contribution is -2.35. The van der Waals surface area contributed by atoms with Gasteiger partial charge in [-0.2, -0.15) is 0 Å². The van der Waals surface area contributed by atoms with Crippen molar-refractivity contribution < 1.29 is 19.2 Å². The highest BCUT2D eigenvalue weighted by molar-refractivity contribution is 6.10. The number of nitro benzene ring substituents is 1. The second-order valence-electron chi connectivity index (χ2n) is 11.3. The third-order valence-electron chi connectivity index (χ3n) is 7.37. The molecule has 0 radical (unpaired) electrons. The van der Waals surface area contributed by atoms with Crippen molar-refractivity contribution in [2.45, 2.75) is 32.7 Å². The maximum Gasteiger partial charge on any atom is 0.323 e. The Kier molecular flexibility index (Phi) is 8.37. The maximum absolute atomic E-state index is 13.1. The molecule has 218 valence electrons. The highest BCUT2D eigenvalue weighted by Crippen LogP contribution is 2.43. The molecular formula is C32H35N5O5. The average Bonchev–Trinajstić information content (AvgIpc) is 2.97. The number of amides is 2. The van der Waals surface area contributed by atoms with Gasteiger partial charge in [0.05, 0.1) is 42.3 Å². The van der Waals surface area contributed by atoms with Crippen LogP contribution in [0.5, 0.6) is 5.75 Å². The minimum Gasteiger partial charge on any atom is -0.489 e. The molecule has 3 aromatic carbocycles. The molecular weight excluding hydrogens is 534 g/mol. The summed E-state index contributed by atoms with van der Waals surface area (Å²) >= 11 is 0. The van der Waals surface area contributed by atoms with Crippen LogP contribution in [0.15, 0.2) is 66.9 Å². The summed E-state index contributed by atoms with van der Waals surface area (Å²) in [6.07, 6.45) is 1.89. The van der Waals surface area contributed by atoms with Crippen molar-refractivity contribution >= 4 is 33.9 Å². The summed E-state index contributed by atoms with van der Waals surface area (Å²) in [7, 11) is 1.36. The van der Waals surface area contributed by atoms with E-state index in [2.05, 4.69) is 27.7 Å². The molecule has 10 nitrogen and oxygen atoms in total. The zero-order chi connectivity index (χ0) is 29.9. The molecule has 0 saturated carbocycles. The monoisotopic (exact) mass is 569 g/mol. The summed E-state index contributed by atoms with van der Waals surface area (Å²) < 4.78 is 10.8. The minimum atomic E-state index is -0.543. The lowest BCUT2D eigenvalue weighted by Gasteiger charge is -2.26. The number of nitro groups is 1. The Bertz CT molecular complexity index is 1610. The second-order valence-corrected chi connectivity index (χ2v) is 11.3. The highest BCUT2D eigenvalue weighted by Gasteiger charge is 2.31. The van der Waals surface area contributed by atoms with Crippen LogP contribution in [0.2, 0.25) is 0 Å². The van der Waals surface area contributed by atoms with Gasteiger partial charge in [-0.1, -0.05) is 57.2 Å². The number of anilines is 2. The summed E-state index contributed by atoms with van der Waals surface area (Å²) in [4.78, 5) is 31.7. The molecule has 2 amide bonds. The van der Waals surface area contributed by atoms with Crippen LogP contribution >= 0.6 is 0 Å². The highest BCUT2D eigenvalue weighted by atomic mass is 16.6. The first kappa shape index (κ1) is 29.0. The van der Waals surface area contributed by atoms with Crippen molar-refractivity contribution in [1.82, 2.24) is 9.88 Å². The smallest absolute Gasteiger partial charge is 0.323 e. The number of hydrogen-bond donors (Lipinski definition) is 2. The van der Waals surface area contributed by atoms with E-state index in [1.807, 2.05) is 63.4 Å². The number of hydrogen-bond acceptors (Lipinski definition) is 7. The van der Waals surface area contributed by atoms with Gasteiger partial charge in [0.2, 0.25) is 5.75 Å². The van der Waals surface area contributed by atoms with Gasteiger partial charge < -0.3 is 20.1 Å². The molecule has 0 bridgehead atoms. The first-order chi connectivity index (χ1) is 20.2. The van der Waals surface area contributed by atoms with Crippen LogP contribution in [-0.2, 0) is 16.7 Å². The summed E-state index contributed by atoms with van der Waals surface area (Å²) in [5.74, 6) is 0.00680. The van der Waals surface area contributed by atoms with Gasteiger partial charge in [0.1, 0.15) is 0 Å². The predicted molar refractivity (Wildman–Crippen MR) is 164 cm³/mol. The minimum absolute atomic E-state index is 0.00680. The van der Waals surface area contributed by atoms with Gasteiger partial charge >= 0.3 is 11.7 Å². The van der Waals surface area contributed by atoms with E-state index in [9.17, 15) is 14.9 Å². The van der Waals surface area contributed by atoms with Crippen molar-refractivity contribution in [3.8, 4) is 16.9 Å². The third-order valence-corrected chi connectivity index (χ3v) is 7.37. The fraction of sp³-hybridized carbons (Fsp3) is 0.312. The summed E-state index contributed by atoms with van der Waals surface area (Å²) in [5, 5.41) is 19.4. The van der Waals surface area contributed by atoms with E-state index < -0.39 is 16.4 Å². The second kappa shape index (κ2) is 12.1. The Labute approximate surface area is 244 Å². The number of benzene rings is 3. The molecule has 0 aliphatic carbocycles. The van der Waals surface area contributed by atoms with Crippen LogP contribution in [0.3, 0.4) is 0 Å². The normalized spacial score (nSPS) is 14.0. The number of pyridine rings is 1. The zero-order valence-electron chi connectivity index (χ0n) is 24.3. The van der Waals surface area contributed by atoms with E-state index in [0.717, 1.165) is 60.4 Å². The fourth-order valence-corrected chi connectivity index (χ4v) is 5.26. The molecule has 0 unspecified atom stereocenters. The summed E-state index contributed by atoms with van der Waals surface area (Å²) in [5.41, 5.74) is 3.65. The van der Waals surface area contributed by atoms with Crippen LogP contribution in [0, 0.1) is 10.1 Å². The molecule has 1 aromatic heterocycles. The van der Waals surface area contributed by atoms with Gasteiger partial charge in [0.25, 0.3) is 0 Å². The zero-order valence-corrected chi connectivity index (χ0v) is 24.3. The lowest BCUT2D eigenvalue weighted by molar-refractivity contribution is -0.386. The molecule has 1 aliphatic heterocycles. The molecule has 0 atom stereocenters. The molecule has 0 spiro atoms. The van der Waals surface area contributed by atoms with Crippen molar-refractivity contribution in [3.63, 3.8) is 0 Å². The number of fused-ring (bicyclic) bond motifs is 1. The van der Waals surface area contributed by atoms with E-state index in [4.69, 9.17) is 14.5 Å². The quantitative estimate of drug-likeness (QED) is 0.190. The number of carbonyl (C=O) groups excluding carboxylic acids is 1. The number of rotatable bonds is 7. The largest absolute Gasteiger partial charge is 0.489 e. The van der Waals surface area contributed by atoms with Gasteiger partial charge in [-0.05, 0) is 40.6 Å². The van der Waals surface area contributed by atoms with E-state index in [1.54, 1.807) is 12.1 Å². The Balaban J connectivity index is 1.38. The number of methoxy groups -OCH3 is 1. The van der Waals surface area contributed by atoms with E-state index >= 15 is 0 Å². The molecule has 1 fully saturated rings. The fourth-order valence-electron chi connectivity index (χ4n) is 5.26.